The van der Waals surface area contributed by atoms with Crippen molar-refractivity contribution in [3.63, 3.8) is 0 Å². The van der Waals surface area contributed by atoms with E-state index in [1.54, 1.807) is 18.4 Å². The van der Waals surface area contributed by atoms with E-state index < -0.39 is 0 Å². The molecule has 0 aliphatic carbocycles. The van der Waals surface area contributed by atoms with E-state index in [1.807, 2.05) is 6.92 Å². The zero-order valence-corrected chi connectivity index (χ0v) is 13.2. The molecule has 0 amide bonds. The van der Waals surface area contributed by atoms with Crippen LogP contribution in [-0.4, -0.2) is 14.9 Å². The molecule has 2 aromatic heterocycles. The number of halogens is 2. The van der Waals surface area contributed by atoms with Crippen molar-refractivity contribution < 1.29 is 8.81 Å². The minimum Gasteiger partial charge on any atom is -0.469 e. The number of nitrogens with zero attached hydrogens (tertiary/aromatic N) is 3. The summed E-state index contributed by atoms with van der Waals surface area (Å²) in [4.78, 5) is 0. The highest BCUT2D eigenvalue weighted by Crippen LogP contribution is 2.28. The van der Waals surface area contributed by atoms with Gasteiger partial charge >= 0.3 is 0 Å². The monoisotopic (exact) mass is 338 g/mol. The minimum atomic E-state index is -0.363. The van der Waals surface area contributed by atoms with E-state index in [-0.39, 0.29) is 5.82 Å². The molecule has 114 valence electrons. The number of nitrogen functional groups attached to an aromatic ring is 1. The smallest absolute Gasteiger partial charge is 0.210 e. The van der Waals surface area contributed by atoms with Crippen LogP contribution in [0.3, 0.4) is 0 Å². The summed E-state index contributed by atoms with van der Waals surface area (Å²) in [7, 11) is 0. The predicted octanol–water partition coefficient (Wildman–Crippen LogP) is 3.65. The van der Waals surface area contributed by atoms with Crippen molar-refractivity contribution in [2.75, 3.05) is 5.84 Å². The van der Waals surface area contributed by atoms with Gasteiger partial charge in [0.05, 0.1) is 11.8 Å². The Morgan fingerprint density at radius 3 is 2.86 bits per heavy atom. The summed E-state index contributed by atoms with van der Waals surface area (Å²) in [5, 5.41) is 9.06. The Bertz CT molecular complexity index is 817. The molecule has 0 saturated heterocycles. The second kappa shape index (κ2) is 6.02. The average molecular weight is 339 g/mol. The highest BCUT2D eigenvalue weighted by Gasteiger charge is 2.16. The second-order valence-corrected chi connectivity index (χ2v) is 5.94. The van der Waals surface area contributed by atoms with E-state index in [9.17, 15) is 4.39 Å². The molecular formula is C14H12ClFN4OS. The van der Waals surface area contributed by atoms with Gasteiger partial charge in [0.15, 0.2) is 5.82 Å². The van der Waals surface area contributed by atoms with Crippen molar-refractivity contribution in [2.24, 2.45) is 0 Å². The number of aromatic nitrogens is 3. The summed E-state index contributed by atoms with van der Waals surface area (Å²) in [6.07, 6.45) is 1.57. The fraction of sp³-hybridized carbons (Fsp3) is 0.143. The van der Waals surface area contributed by atoms with E-state index in [4.69, 9.17) is 21.9 Å². The van der Waals surface area contributed by atoms with Crippen LogP contribution in [0.2, 0.25) is 5.02 Å². The second-order valence-electron chi connectivity index (χ2n) is 4.59. The number of hydrogen-bond donors (Lipinski definition) is 1. The quantitative estimate of drug-likeness (QED) is 0.581. The Morgan fingerprint density at radius 2 is 2.18 bits per heavy atom. The lowest BCUT2D eigenvalue weighted by molar-refractivity contribution is 0.535. The third-order valence-corrected chi connectivity index (χ3v) is 4.48. The molecule has 3 rings (SSSR count). The molecule has 0 spiro atoms. The van der Waals surface area contributed by atoms with E-state index >= 15 is 0 Å². The number of rotatable bonds is 4. The summed E-state index contributed by atoms with van der Waals surface area (Å²) >= 11 is 7.37. The Kier molecular flexibility index (Phi) is 4.08. The molecule has 8 heteroatoms. The van der Waals surface area contributed by atoms with E-state index in [0.717, 1.165) is 16.9 Å². The van der Waals surface area contributed by atoms with Crippen LogP contribution in [0.15, 0.2) is 40.1 Å². The summed E-state index contributed by atoms with van der Waals surface area (Å²) in [5.74, 6) is 7.42. The molecule has 2 heterocycles. The number of nitrogens with two attached hydrogens (primary N) is 1. The van der Waals surface area contributed by atoms with Crippen LogP contribution in [0.4, 0.5) is 4.39 Å². The number of thioether (sulfide) groups is 1. The van der Waals surface area contributed by atoms with Crippen LogP contribution in [-0.2, 0) is 5.75 Å². The molecule has 0 atom stereocenters. The van der Waals surface area contributed by atoms with Crippen LogP contribution in [0.25, 0.3) is 11.4 Å². The Labute approximate surface area is 135 Å². The molecule has 0 unspecified atom stereocenters. The lowest BCUT2D eigenvalue weighted by atomic mass is 10.2. The molecule has 5 nitrogen and oxygen atoms in total. The van der Waals surface area contributed by atoms with Gasteiger partial charge in [0, 0.05) is 10.8 Å². The molecule has 2 N–H and O–H groups in total. The molecular weight excluding hydrogens is 327 g/mol. The van der Waals surface area contributed by atoms with Crippen molar-refractivity contribution in [1.82, 2.24) is 14.9 Å². The summed E-state index contributed by atoms with van der Waals surface area (Å²) in [5.41, 5.74) is 1.60. The third-order valence-electron chi connectivity index (χ3n) is 3.14. The molecule has 0 fully saturated rings. The maximum atomic E-state index is 13.0. The Balaban J connectivity index is 1.79. The van der Waals surface area contributed by atoms with Crippen LogP contribution in [0.5, 0.6) is 0 Å². The molecule has 0 aliphatic rings. The first kappa shape index (κ1) is 14.9. The van der Waals surface area contributed by atoms with Gasteiger partial charge in [-0.3, -0.25) is 0 Å². The topological polar surface area (TPSA) is 69.9 Å². The number of furan rings is 1. The first-order chi connectivity index (χ1) is 10.6. The summed E-state index contributed by atoms with van der Waals surface area (Å²) in [6.45, 7) is 1.83. The number of hydrogen-bond acceptors (Lipinski definition) is 5. The first-order valence-corrected chi connectivity index (χ1v) is 7.74. The fourth-order valence-electron chi connectivity index (χ4n) is 1.96. The molecule has 1 aromatic carbocycles. The standard InChI is InChI=1S/C14H12ClFN4OS/c1-8-11(4-5-21-8)13-18-19-14(20(13)17)22-7-9-2-3-10(16)6-12(9)15/h2-6H,7,17H2,1H3. The highest BCUT2D eigenvalue weighted by molar-refractivity contribution is 7.98. The van der Waals surface area contributed by atoms with Gasteiger partial charge in [-0.25, -0.2) is 9.07 Å². The van der Waals surface area contributed by atoms with Gasteiger partial charge < -0.3 is 10.3 Å². The number of aryl methyl sites for hydroxylation is 1. The lowest BCUT2D eigenvalue weighted by Gasteiger charge is -2.05. The van der Waals surface area contributed by atoms with Crippen LogP contribution >= 0.6 is 23.4 Å². The van der Waals surface area contributed by atoms with Crippen LogP contribution in [0, 0.1) is 12.7 Å². The third kappa shape index (κ3) is 2.82. The van der Waals surface area contributed by atoms with Crippen molar-refractivity contribution >= 4 is 23.4 Å². The molecule has 0 aliphatic heterocycles. The maximum absolute atomic E-state index is 13.0. The van der Waals surface area contributed by atoms with Gasteiger partial charge in [-0.1, -0.05) is 29.4 Å². The fourth-order valence-corrected chi connectivity index (χ4v) is 3.13. The van der Waals surface area contributed by atoms with Gasteiger partial charge in [0.1, 0.15) is 11.6 Å². The van der Waals surface area contributed by atoms with Gasteiger partial charge in [0.25, 0.3) is 0 Å². The minimum absolute atomic E-state index is 0.363. The Hall–Kier alpha value is -1.99. The molecule has 22 heavy (non-hydrogen) atoms. The molecule has 0 bridgehead atoms. The molecule has 0 radical (unpaired) electrons. The van der Waals surface area contributed by atoms with E-state index in [0.29, 0.717) is 21.8 Å². The maximum Gasteiger partial charge on any atom is 0.210 e. The van der Waals surface area contributed by atoms with Gasteiger partial charge in [-0.15, -0.1) is 10.2 Å². The van der Waals surface area contributed by atoms with Gasteiger partial charge in [-0.05, 0) is 30.7 Å². The van der Waals surface area contributed by atoms with Crippen molar-refractivity contribution in [2.45, 2.75) is 17.8 Å². The normalized spacial score (nSPS) is 11.0. The van der Waals surface area contributed by atoms with E-state index in [1.165, 1.54) is 28.6 Å². The predicted molar refractivity (Wildman–Crippen MR) is 83.6 cm³/mol. The Morgan fingerprint density at radius 1 is 1.36 bits per heavy atom. The van der Waals surface area contributed by atoms with Crippen molar-refractivity contribution in [3.05, 3.63) is 52.7 Å². The zero-order valence-electron chi connectivity index (χ0n) is 11.6. The SMILES string of the molecule is Cc1occc1-c1nnc(SCc2ccc(F)cc2Cl)n1N. The van der Waals surface area contributed by atoms with Gasteiger partial charge in [0.2, 0.25) is 5.16 Å². The summed E-state index contributed by atoms with van der Waals surface area (Å²) in [6, 6.07) is 6.08. The molecule has 0 saturated carbocycles. The lowest BCUT2D eigenvalue weighted by Crippen LogP contribution is -2.11. The summed E-state index contributed by atoms with van der Waals surface area (Å²) < 4.78 is 19.7. The molecule has 3 aromatic rings. The van der Waals surface area contributed by atoms with Crippen LogP contribution in [0.1, 0.15) is 11.3 Å². The van der Waals surface area contributed by atoms with Crippen molar-refractivity contribution in [3.8, 4) is 11.4 Å². The number of benzene rings is 1. The first-order valence-electron chi connectivity index (χ1n) is 6.38. The van der Waals surface area contributed by atoms with E-state index in [2.05, 4.69) is 10.2 Å². The average Bonchev–Trinajstić information content (AvgIpc) is 3.04. The largest absolute Gasteiger partial charge is 0.469 e. The zero-order chi connectivity index (χ0) is 15.7. The highest BCUT2D eigenvalue weighted by atomic mass is 35.5. The van der Waals surface area contributed by atoms with Gasteiger partial charge in [-0.2, -0.15) is 0 Å². The van der Waals surface area contributed by atoms with Crippen LogP contribution < -0.4 is 5.84 Å². The van der Waals surface area contributed by atoms with Crippen molar-refractivity contribution in [1.29, 1.82) is 0 Å².